The van der Waals surface area contributed by atoms with Gasteiger partial charge in [-0.15, -0.1) is 0 Å². The van der Waals surface area contributed by atoms with Gasteiger partial charge in [0, 0.05) is 6.42 Å². The molecule has 1 aliphatic rings. The Hall–Kier alpha value is -1.67. The average molecular weight is 399 g/mol. The maximum absolute atomic E-state index is 11.7. The Bertz CT molecular complexity index is 681. The minimum Gasteiger partial charge on any atom is -0.388 e. The number of aliphatic hydroxyl groups is 1. The van der Waals surface area contributed by atoms with Crippen molar-refractivity contribution in [2.45, 2.75) is 99.0 Å². The second kappa shape index (κ2) is 13.5. The van der Waals surface area contributed by atoms with E-state index >= 15 is 0 Å². The monoisotopic (exact) mass is 398 g/mol. The summed E-state index contributed by atoms with van der Waals surface area (Å²) in [5.41, 5.74) is 6.49. The summed E-state index contributed by atoms with van der Waals surface area (Å²) >= 11 is 0. The molecule has 0 amide bonds. The fraction of sp³-hybridized carbons (Fsp3) is 0.593. The SMILES string of the molecule is CC(C)=CCCC(C)=CCCC(C)=CCCC(C)=CCC1CC(=O)C=C(C)C1O. The largest absolute Gasteiger partial charge is 0.388 e. The number of carbonyl (C=O) groups is 1. The summed E-state index contributed by atoms with van der Waals surface area (Å²) in [5, 5.41) is 10.2. The van der Waals surface area contributed by atoms with E-state index in [2.05, 4.69) is 58.9 Å². The quantitative estimate of drug-likeness (QED) is 0.368. The van der Waals surface area contributed by atoms with Crippen LogP contribution < -0.4 is 0 Å². The molecule has 0 aromatic carbocycles. The molecule has 2 atom stereocenters. The van der Waals surface area contributed by atoms with Crippen LogP contribution in [0.4, 0.5) is 0 Å². The van der Waals surface area contributed by atoms with Gasteiger partial charge in [-0.1, -0.05) is 46.6 Å². The number of ketones is 1. The smallest absolute Gasteiger partial charge is 0.156 e. The maximum atomic E-state index is 11.7. The summed E-state index contributed by atoms with van der Waals surface area (Å²) in [6, 6.07) is 0. The molecule has 2 unspecified atom stereocenters. The Morgan fingerprint density at radius 3 is 1.90 bits per heavy atom. The Kier molecular flexibility index (Phi) is 11.8. The van der Waals surface area contributed by atoms with E-state index in [-0.39, 0.29) is 11.7 Å². The van der Waals surface area contributed by atoms with Crippen LogP contribution in [0.25, 0.3) is 0 Å². The lowest BCUT2D eigenvalue weighted by atomic mass is 9.83. The summed E-state index contributed by atoms with van der Waals surface area (Å²) in [6.07, 6.45) is 18.3. The van der Waals surface area contributed by atoms with E-state index in [4.69, 9.17) is 0 Å². The molecule has 0 aliphatic heterocycles. The third-order valence-electron chi connectivity index (χ3n) is 5.69. The highest BCUT2D eigenvalue weighted by Crippen LogP contribution is 2.26. The van der Waals surface area contributed by atoms with Gasteiger partial charge in [0.2, 0.25) is 0 Å². The molecule has 0 saturated carbocycles. The Morgan fingerprint density at radius 1 is 0.897 bits per heavy atom. The van der Waals surface area contributed by atoms with Gasteiger partial charge < -0.3 is 5.11 Å². The molecule has 0 aromatic rings. The van der Waals surface area contributed by atoms with E-state index in [9.17, 15) is 9.90 Å². The molecule has 2 nitrogen and oxygen atoms in total. The number of carbonyl (C=O) groups excluding carboxylic acids is 1. The van der Waals surface area contributed by atoms with Crippen molar-refractivity contribution in [2.24, 2.45) is 5.92 Å². The van der Waals surface area contributed by atoms with Gasteiger partial charge in [0.15, 0.2) is 5.78 Å². The van der Waals surface area contributed by atoms with Crippen LogP contribution in [0.3, 0.4) is 0 Å². The van der Waals surface area contributed by atoms with E-state index in [1.807, 2.05) is 6.92 Å². The fourth-order valence-corrected chi connectivity index (χ4v) is 3.69. The summed E-state index contributed by atoms with van der Waals surface area (Å²) in [5.74, 6) is 0.176. The van der Waals surface area contributed by atoms with Crippen molar-refractivity contribution in [2.75, 3.05) is 0 Å². The molecule has 0 bridgehead atoms. The number of rotatable bonds is 11. The number of allylic oxidation sites excluding steroid dienone is 9. The van der Waals surface area contributed by atoms with Crippen molar-refractivity contribution >= 4 is 5.78 Å². The van der Waals surface area contributed by atoms with E-state index in [0.29, 0.717) is 6.42 Å². The maximum Gasteiger partial charge on any atom is 0.156 e. The number of hydrogen-bond donors (Lipinski definition) is 1. The first-order valence-corrected chi connectivity index (χ1v) is 11.2. The molecule has 0 heterocycles. The van der Waals surface area contributed by atoms with Crippen LogP contribution in [-0.4, -0.2) is 17.0 Å². The lowest BCUT2D eigenvalue weighted by molar-refractivity contribution is -0.117. The zero-order valence-electron chi connectivity index (χ0n) is 19.6. The summed E-state index contributed by atoms with van der Waals surface area (Å²) < 4.78 is 0. The number of hydrogen-bond acceptors (Lipinski definition) is 2. The molecule has 0 radical (unpaired) electrons. The fourth-order valence-electron chi connectivity index (χ4n) is 3.69. The Morgan fingerprint density at radius 2 is 1.38 bits per heavy atom. The van der Waals surface area contributed by atoms with Gasteiger partial charge in [-0.2, -0.15) is 0 Å². The Labute approximate surface area is 179 Å². The van der Waals surface area contributed by atoms with Gasteiger partial charge in [0.1, 0.15) is 0 Å². The first-order chi connectivity index (χ1) is 13.7. The molecule has 29 heavy (non-hydrogen) atoms. The predicted octanol–water partition coefficient (Wildman–Crippen LogP) is 7.42. The topological polar surface area (TPSA) is 37.3 Å². The molecule has 1 aliphatic carbocycles. The van der Waals surface area contributed by atoms with Crippen LogP contribution in [0.5, 0.6) is 0 Å². The minimum absolute atomic E-state index is 0.0338. The summed E-state index contributed by atoms with van der Waals surface area (Å²) in [6.45, 7) is 12.8. The summed E-state index contributed by atoms with van der Waals surface area (Å²) in [4.78, 5) is 11.7. The lowest BCUT2D eigenvalue weighted by Crippen LogP contribution is -2.28. The van der Waals surface area contributed by atoms with Crippen molar-refractivity contribution in [3.05, 3.63) is 58.2 Å². The molecule has 162 valence electrons. The second-order valence-electron chi connectivity index (χ2n) is 9.05. The predicted molar refractivity (Wildman–Crippen MR) is 126 cm³/mol. The van der Waals surface area contributed by atoms with Crippen LogP contribution in [0.15, 0.2) is 58.2 Å². The van der Waals surface area contributed by atoms with Gasteiger partial charge >= 0.3 is 0 Å². The van der Waals surface area contributed by atoms with Crippen LogP contribution >= 0.6 is 0 Å². The molecule has 1 N–H and O–H groups in total. The van der Waals surface area contributed by atoms with Crippen molar-refractivity contribution < 1.29 is 9.90 Å². The van der Waals surface area contributed by atoms with Crippen molar-refractivity contribution in [3.8, 4) is 0 Å². The van der Waals surface area contributed by atoms with Crippen molar-refractivity contribution in [3.63, 3.8) is 0 Å². The highest BCUT2D eigenvalue weighted by molar-refractivity contribution is 5.91. The zero-order valence-corrected chi connectivity index (χ0v) is 19.6. The van der Waals surface area contributed by atoms with Crippen LogP contribution in [-0.2, 0) is 4.79 Å². The van der Waals surface area contributed by atoms with Gasteiger partial charge in [-0.05, 0) is 104 Å². The molecule has 0 saturated heterocycles. The van der Waals surface area contributed by atoms with E-state index in [0.717, 1.165) is 50.5 Å². The van der Waals surface area contributed by atoms with E-state index in [1.54, 1.807) is 6.08 Å². The van der Waals surface area contributed by atoms with Gasteiger partial charge in [0.25, 0.3) is 0 Å². The zero-order chi connectivity index (χ0) is 21.8. The van der Waals surface area contributed by atoms with E-state index < -0.39 is 6.10 Å². The van der Waals surface area contributed by atoms with Gasteiger partial charge in [-0.3, -0.25) is 4.79 Å². The molecule has 1 rings (SSSR count). The molecule has 0 aromatic heterocycles. The van der Waals surface area contributed by atoms with Crippen molar-refractivity contribution in [1.82, 2.24) is 0 Å². The van der Waals surface area contributed by atoms with Gasteiger partial charge in [-0.25, -0.2) is 0 Å². The van der Waals surface area contributed by atoms with E-state index in [1.165, 1.54) is 22.3 Å². The molecular weight excluding hydrogens is 356 g/mol. The van der Waals surface area contributed by atoms with Crippen LogP contribution in [0.2, 0.25) is 0 Å². The standard InChI is InChI=1S/C27H42O2/c1-20(2)10-7-11-21(3)12-8-13-22(4)14-9-15-23(5)16-17-25-19-26(28)18-24(6)27(25)29/h10,12,14,16,18,25,27,29H,7-9,11,13,15,17,19H2,1-6H3. The molecule has 0 spiro atoms. The number of aliphatic hydroxyl groups excluding tert-OH is 1. The minimum atomic E-state index is -0.475. The second-order valence-corrected chi connectivity index (χ2v) is 9.05. The summed E-state index contributed by atoms with van der Waals surface area (Å²) in [7, 11) is 0. The first-order valence-electron chi connectivity index (χ1n) is 11.2. The van der Waals surface area contributed by atoms with Crippen molar-refractivity contribution in [1.29, 1.82) is 0 Å². The highest BCUT2D eigenvalue weighted by Gasteiger charge is 2.26. The third-order valence-corrected chi connectivity index (χ3v) is 5.69. The molecule has 0 fully saturated rings. The Balaban J connectivity index is 2.32. The molecule has 2 heteroatoms. The van der Waals surface area contributed by atoms with Gasteiger partial charge in [0.05, 0.1) is 6.10 Å². The normalized spacial score (nSPS) is 21.3. The first kappa shape index (κ1) is 25.4. The average Bonchev–Trinajstić information content (AvgIpc) is 2.63. The lowest BCUT2D eigenvalue weighted by Gasteiger charge is -2.25. The highest BCUT2D eigenvalue weighted by atomic mass is 16.3. The van der Waals surface area contributed by atoms with Crippen LogP contribution in [0, 0.1) is 5.92 Å². The van der Waals surface area contributed by atoms with Crippen LogP contribution in [0.1, 0.15) is 92.9 Å². The molecular formula is C27H42O2. The third kappa shape index (κ3) is 11.2.